The molecular formula is C14H25N3O2S. The second kappa shape index (κ2) is 7.61. The van der Waals surface area contributed by atoms with Gasteiger partial charge in [0.15, 0.2) is 0 Å². The zero-order valence-electron chi connectivity index (χ0n) is 12.8. The van der Waals surface area contributed by atoms with Gasteiger partial charge >= 0.3 is 0 Å². The Kier molecular flexibility index (Phi) is 6.45. The highest BCUT2D eigenvalue weighted by atomic mass is 32.2. The number of sulfonamides is 1. The Morgan fingerprint density at radius 1 is 1.10 bits per heavy atom. The van der Waals surface area contributed by atoms with E-state index in [4.69, 9.17) is 0 Å². The van der Waals surface area contributed by atoms with Gasteiger partial charge in [0, 0.05) is 20.1 Å². The Labute approximate surface area is 122 Å². The first-order valence-corrected chi connectivity index (χ1v) is 8.27. The highest BCUT2D eigenvalue weighted by molar-refractivity contribution is 7.89. The maximum Gasteiger partial charge on any atom is 0.244 e. The Hall–Kier alpha value is -1.11. The average Bonchev–Trinajstić information content (AvgIpc) is 2.39. The summed E-state index contributed by atoms with van der Waals surface area (Å²) >= 11 is 0. The quantitative estimate of drug-likeness (QED) is 0.794. The molecule has 1 rings (SSSR count). The van der Waals surface area contributed by atoms with E-state index in [0.717, 1.165) is 13.0 Å². The van der Waals surface area contributed by atoms with E-state index in [2.05, 4.69) is 5.32 Å². The fourth-order valence-corrected chi connectivity index (χ4v) is 3.30. The van der Waals surface area contributed by atoms with E-state index < -0.39 is 10.0 Å². The summed E-state index contributed by atoms with van der Waals surface area (Å²) in [4.78, 5) is 2.39. The van der Waals surface area contributed by atoms with E-state index >= 15 is 0 Å². The molecule has 0 bridgehead atoms. The van der Waals surface area contributed by atoms with E-state index in [9.17, 15) is 8.42 Å². The van der Waals surface area contributed by atoms with Crippen molar-refractivity contribution in [3.05, 3.63) is 24.3 Å². The summed E-state index contributed by atoms with van der Waals surface area (Å²) in [6.07, 6.45) is 0.812. The maximum absolute atomic E-state index is 12.6. The summed E-state index contributed by atoms with van der Waals surface area (Å²) in [6, 6.07) is 7.03. The van der Waals surface area contributed by atoms with Crippen LogP contribution in [0.4, 0.5) is 5.69 Å². The molecule has 0 radical (unpaired) electrons. The number of rotatable bonds is 8. The summed E-state index contributed by atoms with van der Waals surface area (Å²) in [5, 5.41) is 3.10. The van der Waals surface area contributed by atoms with Crippen LogP contribution in [0.3, 0.4) is 0 Å². The number of benzene rings is 1. The van der Waals surface area contributed by atoms with Crippen LogP contribution in [0, 0.1) is 0 Å². The number of hydrogen-bond acceptors (Lipinski definition) is 4. The second-order valence-corrected chi connectivity index (χ2v) is 7.02. The molecule has 0 heterocycles. The maximum atomic E-state index is 12.6. The van der Waals surface area contributed by atoms with Crippen molar-refractivity contribution in [2.45, 2.75) is 18.2 Å². The molecular weight excluding hydrogens is 274 g/mol. The lowest BCUT2D eigenvalue weighted by Crippen LogP contribution is -2.30. The van der Waals surface area contributed by atoms with Crippen LogP contribution < -0.4 is 5.32 Å². The van der Waals surface area contributed by atoms with Gasteiger partial charge in [0.05, 0.1) is 5.69 Å². The fraction of sp³-hybridized carbons (Fsp3) is 0.571. The number of nitrogens with one attached hydrogen (secondary N) is 1. The molecule has 0 amide bonds. The molecule has 0 aliphatic heterocycles. The normalized spacial score (nSPS) is 12.1. The van der Waals surface area contributed by atoms with Crippen molar-refractivity contribution in [2.24, 2.45) is 0 Å². The minimum Gasteiger partial charge on any atom is -0.384 e. The average molecular weight is 299 g/mol. The molecule has 0 aliphatic rings. The van der Waals surface area contributed by atoms with Crippen LogP contribution in [-0.2, 0) is 10.0 Å². The lowest BCUT2D eigenvalue weighted by Gasteiger charge is -2.20. The number of hydrogen-bond donors (Lipinski definition) is 1. The molecule has 0 saturated carbocycles. The summed E-state index contributed by atoms with van der Waals surface area (Å²) in [7, 11) is 2.16. The molecule has 6 heteroatoms. The Balaban J connectivity index is 2.87. The SMILES string of the molecule is CCNc1ccccc1S(=O)(=O)N(C)CCCN(C)C. The van der Waals surface area contributed by atoms with Crippen LogP contribution >= 0.6 is 0 Å². The first kappa shape index (κ1) is 16.9. The van der Waals surface area contributed by atoms with Crippen molar-refractivity contribution in [1.82, 2.24) is 9.21 Å². The molecule has 1 aromatic rings. The van der Waals surface area contributed by atoms with Gasteiger partial charge in [0.25, 0.3) is 0 Å². The second-order valence-electron chi connectivity index (χ2n) is 5.01. The van der Waals surface area contributed by atoms with Gasteiger partial charge in [-0.3, -0.25) is 0 Å². The van der Waals surface area contributed by atoms with Gasteiger partial charge in [0.1, 0.15) is 4.90 Å². The van der Waals surface area contributed by atoms with Crippen LogP contribution in [0.1, 0.15) is 13.3 Å². The molecule has 0 fully saturated rings. The third kappa shape index (κ3) is 4.47. The van der Waals surface area contributed by atoms with E-state index in [1.807, 2.05) is 32.0 Å². The molecule has 0 aromatic heterocycles. The molecule has 20 heavy (non-hydrogen) atoms. The van der Waals surface area contributed by atoms with E-state index in [-0.39, 0.29) is 0 Å². The fourth-order valence-electron chi connectivity index (χ4n) is 1.93. The van der Waals surface area contributed by atoms with Gasteiger partial charge < -0.3 is 10.2 Å². The Morgan fingerprint density at radius 3 is 2.35 bits per heavy atom. The van der Waals surface area contributed by atoms with E-state index in [1.165, 1.54) is 4.31 Å². The summed E-state index contributed by atoms with van der Waals surface area (Å²) in [5.41, 5.74) is 0.662. The number of anilines is 1. The minimum absolute atomic E-state index is 0.342. The summed E-state index contributed by atoms with van der Waals surface area (Å²) < 4.78 is 26.6. The van der Waals surface area contributed by atoms with Gasteiger partial charge in [-0.05, 0) is 46.1 Å². The van der Waals surface area contributed by atoms with Gasteiger partial charge in [-0.2, -0.15) is 0 Å². The van der Waals surface area contributed by atoms with Crippen molar-refractivity contribution in [2.75, 3.05) is 46.1 Å². The van der Waals surface area contributed by atoms with Gasteiger partial charge in [-0.15, -0.1) is 0 Å². The first-order chi connectivity index (χ1) is 9.39. The topological polar surface area (TPSA) is 52.7 Å². The van der Waals surface area contributed by atoms with Gasteiger partial charge in [0.2, 0.25) is 10.0 Å². The molecule has 0 aliphatic carbocycles. The molecule has 0 unspecified atom stereocenters. The highest BCUT2D eigenvalue weighted by Crippen LogP contribution is 2.23. The molecule has 0 spiro atoms. The van der Waals surface area contributed by atoms with E-state index in [1.54, 1.807) is 25.2 Å². The van der Waals surface area contributed by atoms with Crippen molar-refractivity contribution in [3.8, 4) is 0 Å². The van der Waals surface area contributed by atoms with Crippen LogP contribution in [0.5, 0.6) is 0 Å². The smallest absolute Gasteiger partial charge is 0.244 e. The predicted molar refractivity (Wildman–Crippen MR) is 83.6 cm³/mol. The monoisotopic (exact) mass is 299 g/mol. The molecule has 114 valence electrons. The predicted octanol–water partition coefficient (Wildman–Crippen LogP) is 1.69. The van der Waals surface area contributed by atoms with Gasteiger partial charge in [-0.1, -0.05) is 12.1 Å². The van der Waals surface area contributed by atoms with Crippen LogP contribution in [0.25, 0.3) is 0 Å². The number of para-hydroxylation sites is 1. The van der Waals surface area contributed by atoms with Crippen molar-refractivity contribution in [1.29, 1.82) is 0 Å². The molecule has 0 atom stereocenters. The molecule has 5 nitrogen and oxygen atoms in total. The minimum atomic E-state index is -3.44. The van der Waals surface area contributed by atoms with Crippen molar-refractivity contribution >= 4 is 15.7 Å². The summed E-state index contributed by atoms with van der Waals surface area (Å²) in [6.45, 7) is 4.02. The Morgan fingerprint density at radius 2 is 1.75 bits per heavy atom. The van der Waals surface area contributed by atoms with Gasteiger partial charge in [-0.25, -0.2) is 12.7 Å². The third-order valence-electron chi connectivity index (χ3n) is 3.02. The Bertz CT molecular complexity index is 515. The summed E-state index contributed by atoms with van der Waals surface area (Å²) in [5.74, 6) is 0. The van der Waals surface area contributed by atoms with Crippen LogP contribution in [0.2, 0.25) is 0 Å². The number of nitrogens with zero attached hydrogens (tertiary/aromatic N) is 2. The lowest BCUT2D eigenvalue weighted by molar-refractivity contribution is 0.370. The van der Waals surface area contributed by atoms with E-state index in [0.29, 0.717) is 23.7 Å². The standard InChI is InChI=1S/C14H25N3O2S/c1-5-15-13-9-6-7-10-14(13)20(18,19)17(4)12-8-11-16(2)3/h6-7,9-10,15H,5,8,11-12H2,1-4H3. The van der Waals surface area contributed by atoms with Crippen molar-refractivity contribution < 1.29 is 8.42 Å². The highest BCUT2D eigenvalue weighted by Gasteiger charge is 2.23. The lowest BCUT2D eigenvalue weighted by atomic mass is 10.3. The van der Waals surface area contributed by atoms with Crippen LogP contribution in [0.15, 0.2) is 29.2 Å². The molecule has 0 saturated heterocycles. The first-order valence-electron chi connectivity index (χ1n) is 6.83. The molecule has 1 N–H and O–H groups in total. The largest absolute Gasteiger partial charge is 0.384 e. The zero-order chi connectivity index (χ0) is 15.2. The van der Waals surface area contributed by atoms with Crippen LogP contribution in [-0.4, -0.2) is 58.4 Å². The zero-order valence-corrected chi connectivity index (χ0v) is 13.6. The molecule has 1 aromatic carbocycles. The van der Waals surface area contributed by atoms with Crippen molar-refractivity contribution in [3.63, 3.8) is 0 Å². The third-order valence-corrected chi connectivity index (χ3v) is 4.94.